The summed E-state index contributed by atoms with van der Waals surface area (Å²) in [6.45, 7) is 0. The number of aliphatic imine (C=N–C) groups is 1. The Morgan fingerprint density at radius 1 is 1.07 bits per heavy atom. The molecule has 0 atom stereocenters. The van der Waals surface area contributed by atoms with Crippen molar-refractivity contribution in [1.82, 2.24) is 9.97 Å². The number of halogens is 1. The van der Waals surface area contributed by atoms with Gasteiger partial charge in [0.2, 0.25) is 0 Å². The van der Waals surface area contributed by atoms with Crippen LogP contribution >= 0.6 is 11.6 Å². The van der Waals surface area contributed by atoms with Gasteiger partial charge in [-0.05, 0) is 17.7 Å². The molecule has 0 fully saturated rings. The van der Waals surface area contributed by atoms with Gasteiger partial charge in [0, 0.05) is 11.2 Å². The molecule has 0 amide bonds. The van der Waals surface area contributed by atoms with Gasteiger partial charge in [0.15, 0.2) is 0 Å². The molecule has 3 nitrogen and oxygen atoms in total. The van der Waals surface area contributed by atoms with Crippen molar-refractivity contribution in [2.45, 2.75) is 0 Å². The first-order valence-electron chi connectivity index (χ1n) is 4.39. The van der Waals surface area contributed by atoms with Crippen LogP contribution in [0.25, 0.3) is 0 Å². The van der Waals surface area contributed by atoms with E-state index in [-0.39, 0.29) is 0 Å². The zero-order chi connectivity index (χ0) is 10.5. The third kappa shape index (κ3) is 2.86. The summed E-state index contributed by atoms with van der Waals surface area (Å²) in [5.74, 6) is 0. The van der Waals surface area contributed by atoms with Gasteiger partial charge in [-0.3, -0.25) is 4.99 Å². The summed E-state index contributed by atoms with van der Waals surface area (Å²) in [5.41, 5.74) is 1.72. The fraction of sp³-hybridized carbons (Fsp3) is 0. The molecule has 0 aliphatic heterocycles. The summed E-state index contributed by atoms with van der Waals surface area (Å²) in [6, 6.07) is 7.44. The van der Waals surface area contributed by atoms with Crippen LogP contribution in [0.3, 0.4) is 0 Å². The highest BCUT2D eigenvalue weighted by Crippen LogP contribution is 2.10. The topological polar surface area (TPSA) is 38.1 Å². The molecular weight excluding hydrogens is 210 g/mol. The second kappa shape index (κ2) is 4.66. The number of nitrogens with zero attached hydrogens (tertiary/aromatic N) is 3. The van der Waals surface area contributed by atoms with Gasteiger partial charge in [-0.1, -0.05) is 23.7 Å². The maximum atomic E-state index is 5.76. The largest absolute Gasteiger partial charge is 0.253 e. The number of hydrogen-bond donors (Lipinski definition) is 0. The highest BCUT2D eigenvalue weighted by molar-refractivity contribution is 6.30. The second-order valence-corrected chi connectivity index (χ2v) is 3.34. The maximum Gasteiger partial charge on any atom is 0.115 e. The Balaban J connectivity index is 2.15. The average Bonchev–Trinajstić information content (AvgIpc) is 2.30. The molecule has 1 aromatic heterocycles. The van der Waals surface area contributed by atoms with Crippen LogP contribution in [-0.4, -0.2) is 16.2 Å². The van der Waals surface area contributed by atoms with Gasteiger partial charge in [-0.15, -0.1) is 0 Å². The van der Waals surface area contributed by atoms with Crippen molar-refractivity contribution < 1.29 is 0 Å². The molecule has 0 bridgehead atoms. The average molecular weight is 218 g/mol. The van der Waals surface area contributed by atoms with Crippen molar-refractivity contribution >= 4 is 23.5 Å². The molecular formula is C11H8ClN3. The molecule has 0 spiro atoms. The Morgan fingerprint density at radius 2 is 1.73 bits per heavy atom. The molecule has 74 valence electrons. The van der Waals surface area contributed by atoms with Gasteiger partial charge >= 0.3 is 0 Å². The quantitative estimate of drug-likeness (QED) is 0.726. The van der Waals surface area contributed by atoms with E-state index in [0.717, 1.165) is 16.3 Å². The summed E-state index contributed by atoms with van der Waals surface area (Å²) >= 11 is 5.76. The van der Waals surface area contributed by atoms with Crippen molar-refractivity contribution in [2.75, 3.05) is 0 Å². The highest BCUT2D eigenvalue weighted by Gasteiger charge is 1.89. The molecule has 2 rings (SSSR count). The first-order valence-corrected chi connectivity index (χ1v) is 4.77. The number of rotatable bonds is 2. The molecule has 0 N–H and O–H groups in total. The predicted molar refractivity (Wildman–Crippen MR) is 60.7 cm³/mol. The van der Waals surface area contributed by atoms with Gasteiger partial charge in [0.25, 0.3) is 0 Å². The Kier molecular flexibility index (Phi) is 3.05. The summed E-state index contributed by atoms with van der Waals surface area (Å²) < 4.78 is 0. The first-order chi connectivity index (χ1) is 7.34. The van der Waals surface area contributed by atoms with Gasteiger partial charge in [-0.25, -0.2) is 9.97 Å². The minimum absolute atomic E-state index is 0.718. The van der Waals surface area contributed by atoms with Crippen molar-refractivity contribution in [3.8, 4) is 0 Å². The van der Waals surface area contributed by atoms with E-state index >= 15 is 0 Å². The van der Waals surface area contributed by atoms with E-state index < -0.39 is 0 Å². The molecule has 2 aromatic rings. The lowest BCUT2D eigenvalue weighted by Gasteiger charge is -1.93. The highest BCUT2D eigenvalue weighted by atomic mass is 35.5. The Bertz CT molecular complexity index is 451. The molecule has 1 heterocycles. The van der Waals surface area contributed by atoms with E-state index in [0.29, 0.717) is 0 Å². The van der Waals surface area contributed by atoms with Crippen LogP contribution in [0.5, 0.6) is 0 Å². The van der Waals surface area contributed by atoms with Crippen molar-refractivity contribution in [3.05, 3.63) is 53.6 Å². The third-order valence-corrected chi connectivity index (χ3v) is 2.03. The molecule has 0 radical (unpaired) electrons. The van der Waals surface area contributed by atoms with Gasteiger partial charge < -0.3 is 0 Å². The molecule has 0 unspecified atom stereocenters. The lowest BCUT2D eigenvalue weighted by Crippen LogP contribution is -1.80. The fourth-order valence-electron chi connectivity index (χ4n) is 1.06. The summed E-state index contributed by atoms with van der Waals surface area (Å²) in [7, 11) is 0. The second-order valence-electron chi connectivity index (χ2n) is 2.91. The van der Waals surface area contributed by atoms with E-state index in [2.05, 4.69) is 15.0 Å². The van der Waals surface area contributed by atoms with Crippen molar-refractivity contribution in [3.63, 3.8) is 0 Å². The minimum atomic E-state index is 0.718. The molecule has 1 aromatic carbocycles. The standard InChI is InChI=1S/C11H8ClN3/c12-10-3-1-9(2-4-10)5-15-11-6-13-8-14-7-11/h1-8H. The zero-order valence-corrected chi connectivity index (χ0v) is 8.59. The Labute approximate surface area is 92.5 Å². The van der Waals surface area contributed by atoms with E-state index in [9.17, 15) is 0 Å². The SMILES string of the molecule is Clc1ccc(C=Nc2cncnc2)cc1. The van der Waals surface area contributed by atoms with Gasteiger partial charge in [0.1, 0.15) is 6.33 Å². The minimum Gasteiger partial charge on any atom is -0.253 e. The molecule has 0 saturated heterocycles. The number of aromatic nitrogens is 2. The van der Waals surface area contributed by atoms with Gasteiger partial charge in [0.05, 0.1) is 18.1 Å². The van der Waals surface area contributed by atoms with Crippen LogP contribution in [0, 0.1) is 0 Å². The van der Waals surface area contributed by atoms with Crippen LogP contribution in [0.15, 0.2) is 48.0 Å². The molecule has 0 aliphatic rings. The van der Waals surface area contributed by atoms with Gasteiger partial charge in [-0.2, -0.15) is 0 Å². The summed E-state index contributed by atoms with van der Waals surface area (Å²) in [5, 5.41) is 0.718. The van der Waals surface area contributed by atoms with Crippen molar-refractivity contribution in [2.24, 2.45) is 4.99 Å². The van der Waals surface area contributed by atoms with Crippen LogP contribution in [0.1, 0.15) is 5.56 Å². The smallest absolute Gasteiger partial charge is 0.115 e. The Morgan fingerprint density at radius 3 is 2.40 bits per heavy atom. The van der Waals surface area contributed by atoms with Crippen LogP contribution in [0.2, 0.25) is 5.02 Å². The summed E-state index contributed by atoms with van der Waals surface area (Å²) in [6.07, 6.45) is 6.52. The maximum absolute atomic E-state index is 5.76. The van der Waals surface area contributed by atoms with Crippen molar-refractivity contribution in [1.29, 1.82) is 0 Å². The third-order valence-electron chi connectivity index (χ3n) is 1.78. The van der Waals surface area contributed by atoms with Crippen LogP contribution < -0.4 is 0 Å². The molecule has 0 aliphatic carbocycles. The van der Waals surface area contributed by atoms with E-state index in [4.69, 9.17) is 11.6 Å². The van der Waals surface area contributed by atoms with E-state index in [1.165, 1.54) is 6.33 Å². The summed E-state index contributed by atoms with van der Waals surface area (Å²) in [4.78, 5) is 11.9. The zero-order valence-electron chi connectivity index (χ0n) is 7.84. The fourth-order valence-corrected chi connectivity index (χ4v) is 1.18. The molecule has 0 saturated carbocycles. The lowest BCUT2D eigenvalue weighted by molar-refractivity contribution is 1.16. The first kappa shape index (κ1) is 9.80. The Hall–Kier alpha value is -1.74. The normalized spacial score (nSPS) is 10.7. The van der Waals surface area contributed by atoms with E-state index in [1.807, 2.05) is 24.3 Å². The van der Waals surface area contributed by atoms with Crippen LogP contribution in [-0.2, 0) is 0 Å². The predicted octanol–water partition coefficient (Wildman–Crippen LogP) is 2.88. The number of benzene rings is 1. The number of hydrogen-bond acceptors (Lipinski definition) is 3. The molecule has 15 heavy (non-hydrogen) atoms. The lowest BCUT2D eigenvalue weighted by atomic mass is 10.2. The van der Waals surface area contributed by atoms with Crippen LogP contribution in [0.4, 0.5) is 5.69 Å². The monoisotopic (exact) mass is 217 g/mol. The molecule has 4 heteroatoms. The van der Waals surface area contributed by atoms with E-state index in [1.54, 1.807) is 18.6 Å².